The summed E-state index contributed by atoms with van der Waals surface area (Å²) >= 11 is 0. The van der Waals surface area contributed by atoms with Gasteiger partial charge in [-0.15, -0.1) is 0 Å². The van der Waals surface area contributed by atoms with Gasteiger partial charge in [0.25, 0.3) is 5.91 Å². The van der Waals surface area contributed by atoms with Crippen molar-refractivity contribution in [1.82, 2.24) is 14.9 Å². The number of pyridine rings is 2. The Morgan fingerprint density at radius 3 is 2.87 bits per heavy atom. The summed E-state index contributed by atoms with van der Waals surface area (Å²) < 4.78 is 12.3. The molecule has 2 saturated heterocycles. The molecule has 2 aromatic rings. The van der Waals surface area contributed by atoms with Gasteiger partial charge in [0, 0.05) is 36.2 Å². The van der Waals surface area contributed by atoms with Crippen LogP contribution in [-0.2, 0) is 9.47 Å². The zero-order chi connectivity index (χ0) is 21.8. The highest BCUT2D eigenvalue weighted by Crippen LogP contribution is 2.33. The molecule has 31 heavy (non-hydrogen) atoms. The van der Waals surface area contributed by atoms with Gasteiger partial charge in [-0.3, -0.25) is 9.78 Å². The molecular formula is C23H27N5O3. The van der Waals surface area contributed by atoms with Gasteiger partial charge in [-0.1, -0.05) is 0 Å². The van der Waals surface area contributed by atoms with Crippen LogP contribution in [0.1, 0.15) is 40.2 Å². The largest absolute Gasteiger partial charge is 0.377 e. The van der Waals surface area contributed by atoms with Crippen molar-refractivity contribution in [2.75, 3.05) is 38.2 Å². The Morgan fingerprint density at radius 1 is 1.35 bits per heavy atom. The molecule has 2 aliphatic rings. The quantitative estimate of drug-likeness (QED) is 0.809. The number of carbonyl (C=O) groups is 1. The Kier molecular flexibility index (Phi) is 6.16. The maximum Gasteiger partial charge on any atom is 0.254 e. The smallest absolute Gasteiger partial charge is 0.254 e. The predicted octanol–water partition coefficient (Wildman–Crippen LogP) is 2.47. The Hall–Kier alpha value is -3.02. The molecule has 1 spiro atoms. The first kappa shape index (κ1) is 21.2. The monoisotopic (exact) mass is 421 g/mol. The molecule has 0 radical (unpaired) electrons. The molecule has 0 aromatic carbocycles. The average Bonchev–Trinajstić information content (AvgIpc) is 3.04. The highest BCUT2D eigenvalue weighted by atomic mass is 16.6. The summed E-state index contributed by atoms with van der Waals surface area (Å²) in [6.07, 6.45) is 3.26. The maximum absolute atomic E-state index is 13.2. The molecule has 2 fully saturated rings. The van der Waals surface area contributed by atoms with Crippen molar-refractivity contribution in [3.8, 4) is 6.07 Å². The lowest BCUT2D eigenvalue weighted by Gasteiger charge is -2.32. The second-order valence-electron chi connectivity index (χ2n) is 8.30. The van der Waals surface area contributed by atoms with Crippen molar-refractivity contribution in [2.45, 2.75) is 38.4 Å². The lowest BCUT2D eigenvalue weighted by atomic mass is 9.99. The van der Waals surface area contributed by atoms with Gasteiger partial charge < -0.3 is 19.7 Å². The molecule has 0 aliphatic carbocycles. The van der Waals surface area contributed by atoms with E-state index in [1.54, 1.807) is 18.3 Å². The number of nitrogens with zero attached hydrogens (tertiary/aromatic N) is 4. The average molecular weight is 422 g/mol. The van der Waals surface area contributed by atoms with E-state index in [0.717, 1.165) is 24.2 Å². The van der Waals surface area contributed by atoms with Gasteiger partial charge in [0.05, 0.1) is 31.4 Å². The number of nitrogens with one attached hydrogen (secondary N) is 1. The van der Waals surface area contributed by atoms with Crippen LogP contribution in [-0.4, -0.2) is 65.3 Å². The number of aryl methyl sites for hydroxylation is 2. The van der Waals surface area contributed by atoms with Crippen LogP contribution in [0, 0.1) is 25.2 Å². The minimum Gasteiger partial charge on any atom is -0.377 e. The topological polar surface area (TPSA) is 100 Å². The Labute approximate surface area is 182 Å². The number of hydrogen-bond acceptors (Lipinski definition) is 7. The lowest BCUT2D eigenvalue weighted by Crippen LogP contribution is -2.47. The van der Waals surface area contributed by atoms with Crippen molar-refractivity contribution in [3.05, 3.63) is 53.0 Å². The minimum atomic E-state index is -0.492. The molecule has 2 aromatic heterocycles. The zero-order valence-corrected chi connectivity index (χ0v) is 17.9. The molecule has 1 N–H and O–H groups in total. The van der Waals surface area contributed by atoms with Crippen LogP contribution in [0.4, 0.5) is 5.82 Å². The Bertz CT molecular complexity index is 967. The van der Waals surface area contributed by atoms with Crippen LogP contribution in [0.3, 0.4) is 0 Å². The first-order valence-electron chi connectivity index (χ1n) is 10.6. The summed E-state index contributed by atoms with van der Waals surface area (Å²) in [6, 6.07) is 9.25. The molecule has 162 valence electrons. The standard InChI is InChI=1S/C23H27N5O3/c1-16-9-19(10-17(2)27-16)22(29)28-7-8-30-15-23(14-28)6-5-20(31-23)13-26-21-4-3-18(11-24)12-25-21/h3-4,9-10,12,20H,5-8,13-15H2,1-2H3,(H,25,26)/t20-,23-/m1/s1. The van der Waals surface area contributed by atoms with E-state index < -0.39 is 5.60 Å². The van der Waals surface area contributed by atoms with Crippen LogP contribution in [0.5, 0.6) is 0 Å². The fourth-order valence-corrected chi connectivity index (χ4v) is 4.26. The summed E-state index contributed by atoms with van der Waals surface area (Å²) in [7, 11) is 0. The summed E-state index contributed by atoms with van der Waals surface area (Å²) in [5.74, 6) is 0.700. The van der Waals surface area contributed by atoms with Gasteiger partial charge in [0.2, 0.25) is 0 Å². The molecule has 2 atom stereocenters. The number of rotatable bonds is 4. The van der Waals surface area contributed by atoms with Gasteiger partial charge in [0.15, 0.2) is 0 Å². The Morgan fingerprint density at radius 2 is 2.16 bits per heavy atom. The third-order valence-electron chi connectivity index (χ3n) is 5.71. The van der Waals surface area contributed by atoms with Crippen LogP contribution in [0.25, 0.3) is 0 Å². The van der Waals surface area contributed by atoms with E-state index in [2.05, 4.69) is 21.4 Å². The summed E-state index contributed by atoms with van der Waals surface area (Å²) in [5, 5.41) is 12.2. The fourth-order valence-electron chi connectivity index (χ4n) is 4.26. The highest BCUT2D eigenvalue weighted by Gasteiger charge is 2.44. The van der Waals surface area contributed by atoms with Crippen molar-refractivity contribution < 1.29 is 14.3 Å². The predicted molar refractivity (Wildman–Crippen MR) is 115 cm³/mol. The first-order valence-corrected chi connectivity index (χ1v) is 10.6. The number of aromatic nitrogens is 2. The molecule has 1 amide bonds. The van der Waals surface area contributed by atoms with E-state index in [4.69, 9.17) is 14.7 Å². The third kappa shape index (κ3) is 5.01. The molecule has 4 rings (SSSR count). The summed E-state index contributed by atoms with van der Waals surface area (Å²) in [6.45, 7) is 6.45. The molecule has 0 bridgehead atoms. The molecular weight excluding hydrogens is 394 g/mol. The van der Waals surface area contributed by atoms with Crippen LogP contribution < -0.4 is 5.32 Å². The van der Waals surface area contributed by atoms with Crippen molar-refractivity contribution in [1.29, 1.82) is 5.26 Å². The molecule has 8 heteroatoms. The summed E-state index contributed by atoms with van der Waals surface area (Å²) in [5.41, 5.74) is 2.37. The fraction of sp³-hybridized carbons (Fsp3) is 0.478. The van der Waals surface area contributed by atoms with E-state index in [9.17, 15) is 4.79 Å². The van der Waals surface area contributed by atoms with Crippen LogP contribution in [0.2, 0.25) is 0 Å². The molecule has 4 heterocycles. The molecule has 2 aliphatic heterocycles. The molecule has 0 saturated carbocycles. The van der Waals surface area contributed by atoms with Gasteiger partial charge in [-0.05, 0) is 51.0 Å². The number of amides is 1. The van der Waals surface area contributed by atoms with Crippen molar-refractivity contribution >= 4 is 11.7 Å². The Balaban J connectivity index is 1.40. The third-order valence-corrected chi connectivity index (χ3v) is 5.71. The maximum atomic E-state index is 13.2. The zero-order valence-electron chi connectivity index (χ0n) is 17.9. The van der Waals surface area contributed by atoms with E-state index in [1.807, 2.05) is 30.9 Å². The number of anilines is 1. The second kappa shape index (κ2) is 9.00. The van der Waals surface area contributed by atoms with E-state index in [-0.39, 0.29) is 12.0 Å². The van der Waals surface area contributed by atoms with Gasteiger partial charge in [-0.25, -0.2) is 4.98 Å². The second-order valence-corrected chi connectivity index (χ2v) is 8.30. The van der Waals surface area contributed by atoms with Crippen LogP contribution >= 0.6 is 0 Å². The first-order chi connectivity index (χ1) is 15.0. The number of ether oxygens (including phenoxy) is 2. The minimum absolute atomic E-state index is 0.00140. The number of hydrogen-bond donors (Lipinski definition) is 1. The summed E-state index contributed by atoms with van der Waals surface area (Å²) in [4.78, 5) is 23.6. The normalized spacial score (nSPS) is 23.4. The van der Waals surface area contributed by atoms with E-state index in [1.165, 1.54) is 0 Å². The van der Waals surface area contributed by atoms with Gasteiger partial charge in [-0.2, -0.15) is 5.26 Å². The number of carbonyl (C=O) groups excluding carboxylic acids is 1. The molecule has 8 nitrogen and oxygen atoms in total. The van der Waals surface area contributed by atoms with Crippen LogP contribution in [0.15, 0.2) is 30.5 Å². The van der Waals surface area contributed by atoms with Crippen molar-refractivity contribution in [3.63, 3.8) is 0 Å². The SMILES string of the molecule is Cc1cc(C(=O)N2CCOC[C@@]3(CC[C@H](CNc4ccc(C#N)cn4)O3)C2)cc(C)n1. The molecule has 0 unspecified atom stereocenters. The highest BCUT2D eigenvalue weighted by molar-refractivity contribution is 5.94. The van der Waals surface area contributed by atoms with Gasteiger partial charge in [0.1, 0.15) is 17.5 Å². The van der Waals surface area contributed by atoms with Gasteiger partial charge >= 0.3 is 0 Å². The van der Waals surface area contributed by atoms with E-state index in [0.29, 0.717) is 49.8 Å². The lowest BCUT2D eigenvalue weighted by molar-refractivity contribution is -0.0802. The van der Waals surface area contributed by atoms with E-state index >= 15 is 0 Å². The number of nitriles is 1. The van der Waals surface area contributed by atoms with Crippen molar-refractivity contribution in [2.24, 2.45) is 0 Å².